The average Bonchev–Trinajstić information content (AvgIpc) is 3.08. The smallest absolute Gasteiger partial charge is 0.146 e. The third-order valence-electron chi connectivity index (χ3n) is 5.16. The first kappa shape index (κ1) is 16.6. The maximum Gasteiger partial charge on any atom is 0.146 e. The van der Waals surface area contributed by atoms with Crippen LogP contribution in [0, 0.1) is 30.1 Å². The molecule has 26 heavy (non-hydrogen) atoms. The third-order valence-corrected chi connectivity index (χ3v) is 5.16. The number of anilines is 1. The number of hydrogen-bond donors (Lipinski definition) is 0. The molecule has 4 rings (SSSR count). The molecule has 2 saturated heterocycles. The molecule has 4 heterocycles. The second-order valence-corrected chi connectivity index (χ2v) is 6.85. The molecule has 0 aliphatic carbocycles. The van der Waals surface area contributed by atoms with Crippen LogP contribution in [-0.4, -0.2) is 46.6 Å². The highest BCUT2D eigenvalue weighted by atomic mass is 15.3. The Kier molecular flexibility index (Phi) is 4.56. The first-order valence-electron chi connectivity index (χ1n) is 9.05. The Bertz CT molecular complexity index is 904. The van der Waals surface area contributed by atoms with Gasteiger partial charge in [0.25, 0.3) is 0 Å². The van der Waals surface area contributed by atoms with Gasteiger partial charge in [-0.25, -0.2) is 9.97 Å². The van der Waals surface area contributed by atoms with Crippen LogP contribution in [0.25, 0.3) is 0 Å². The molecule has 2 aromatic heterocycles. The van der Waals surface area contributed by atoms with Crippen molar-refractivity contribution >= 4 is 5.82 Å². The van der Waals surface area contributed by atoms with Crippen LogP contribution >= 0.6 is 0 Å². The van der Waals surface area contributed by atoms with Gasteiger partial charge in [0.1, 0.15) is 17.6 Å². The molecule has 130 valence electrons. The van der Waals surface area contributed by atoms with E-state index in [4.69, 9.17) is 0 Å². The van der Waals surface area contributed by atoms with Gasteiger partial charge in [0.15, 0.2) is 0 Å². The van der Waals surface area contributed by atoms with Gasteiger partial charge >= 0.3 is 0 Å². The summed E-state index contributed by atoms with van der Waals surface area (Å²) in [5.74, 6) is 7.49. The first-order valence-corrected chi connectivity index (χ1v) is 9.05. The number of pyridine rings is 2. The van der Waals surface area contributed by atoms with Crippen LogP contribution in [0.5, 0.6) is 0 Å². The standard InChI is InChI=1S/C21H21N5/c1-16-4-2-6-18(24-16)7-8-19-9-10-20-15-25(12-13-26(19)20)21-17(14-22)5-3-11-23-21/h2-6,11,19-20H,9-10,12-13,15H2,1H3/t19-,20-/m0/s1. The zero-order chi connectivity index (χ0) is 17.9. The molecule has 2 aliphatic rings. The van der Waals surface area contributed by atoms with E-state index in [0.717, 1.165) is 49.7 Å². The zero-order valence-corrected chi connectivity index (χ0v) is 14.9. The summed E-state index contributed by atoms with van der Waals surface area (Å²) in [5, 5.41) is 9.32. The average molecular weight is 343 g/mol. The molecule has 0 bridgehead atoms. The molecule has 0 radical (unpaired) electrons. The predicted molar refractivity (Wildman–Crippen MR) is 101 cm³/mol. The maximum atomic E-state index is 9.32. The van der Waals surface area contributed by atoms with E-state index in [0.29, 0.717) is 17.6 Å². The lowest BCUT2D eigenvalue weighted by atomic mass is 10.1. The second kappa shape index (κ2) is 7.15. The quantitative estimate of drug-likeness (QED) is 0.744. The van der Waals surface area contributed by atoms with Gasteiger partial charge in [0.2, 0.25) is 0 Å². The molecule has 2 atom stereocenters. The predicted octanol–water partition coefficient (Wildman–Crippen LogP) is 2.36. The largest absolute Gasteiger partial charge is 0.353 e. The third kappa shape index (κ3) is 3.27. The molecular weight excluding hydrogens is 322 g/mol. The highest BCUT2D eigenvalue weighted by molar-refractivity contribution is 5.54. The van der Waals surface area contributed by atoms with Crippen LogP contribution in [-0.2, 0) is 0 Å². The lowest BCUT2D eigenvalue weighted by Gasteiger charge is -2.39. The highest BCUT2D eigenvalue weighted by Crippen LogP contribution is 2.29. The van der Waals surface area contributed by atoms with Gasteiger partial charge in [-0.2, -0.15) is 5.26 Å². The van der Waals surface area contributed by atoms with E-state index in [9.17, 15) is 5.26 Å². The van der Waals surface area contributed by atoms with Crippen molar-refractivity contribution in [3.8, 4) is 17.9 Å². The van der Waals surface area contributed by atoms with E-state index in [1.54, 1.807) is 6.20 Å². The van der Waals surface area contributed by atoms with Crippen molar-refractivity contribution in [3.63, 3.8) is 0 Å². The van der Waals surface area contributed by atoms with Crippen LogP contribution < -0.4 is 4.90 Å². The number of nitrogens with zero attached hydrogens (tertiary/aromatic N) is 5. The van der Waals surface area contributed by atoms with E-state index in [1.165, 1.54) is 0 Å². The Morgan fingerprint density at radius 3 is 2.92 bits per heavy atom. The summed E-state index contributed by atoms with van der Waals surface area (Å²) < 4.78 is 0. The van der Waals surface area contributed by atoms with Crippen molar-refractivity contribution in [2.75, 3.05) is 24.5 Å². The Labute approximate surface area is 154 Å². The Balaban J connectivity index is 1.47. The lowest BCUT2D eigenvalue weighted by molar-refractivity contribution is 0.202. The molecule has 5 heteroatoms. The minimum absolute atomic E-state index is 0.295. The minimum Gasteiger partial charge on any atom is -0.353 e. The van der Waals surface area contributed by atoms with Crippen LogP contribution in [0.4, 0.5) is 5.82 Å². The summed E-state index contributed by atoms with van der Waals surface area (Å²) in [7, 11) is 0. The summed E-state index contributed by atoms with van der Waals surface area (Å²) in [6.07, 6.45) is 3.98. The fourth-order valence-corrected chi connectivity index (χ4v) is 3.91. The number of aryl methyl sites for hydroxylation is 1. The van der Waals surface area contributed by atoms with E-state index in [-0.39, 0.29) is 0 Å². The van der Waals surface area contributed by atoms with Gasteiger partial charge in [-0.3, -0.25) is 4.90 Å². The van der Waals surface area contributed by atoms with Crippen LogP contribution in [0.2, 0.25) is 0 Å². The summed E-state index contributed by atoms with van der Waals surface area (Å²) in [6.45, 7) is 4.73. The monoisotopic (exact) mass is 343 g/mol. The first-order chi connectivity index (χ1) is 12.7. The Hall–Kier alpha value is -2.89. The van der Waals surface area contributed by atoms with E-state index < -0.39 is 0 Å². The summed E-state index contributed by atoms with van der Waals surface area (Å²) in [6, 6.07) is 12.6. The van der Waals surface area contributed by atoms with Crippen molar-refractivity contribution < 1.29 is 0 Å². The van der Waals surface area contributed by atoms with Crippen molar-refractivity contribution in [1.29, 1.82) is 5.26 Å². The summed E-state index contributed by atoms with van der Waals surface area (Å²) >= 11 is 0. The van der Waals surface area contributed by atoms with Crippen LogP contribution in [0.1, 0.15) is 29.8 Å². The van der Waals surface area contributed by atoms with Gasteiger partial charge in [0, 0.05) is 37.6 Å². The summed E-state index contributed by atoms with van der Waals surface area (Å²) in [5.41, 5.74) is 2.50. The Morgan fingerprint density at radius 2 is 2.08 bits per heavy atom. The molecule has 0 spiro atoms. The van der Waals surface area contributed by atoms with Crippen molar-refractivity contribution in [1.82, 2.24) is 14.9 Å². The lowest BCUT2D eigenvalue weighted by Crippen LogP contribution is -2.52. The van der Waals surface area contributed by atoms with Gasteiger partial charge < -0.3 is 4.90 Å². The number of fused-ring (bicyclic) bond motifs is 1. The molecule has 2 aromatic rings. The number of aromatic nitrogens is 2. The van der Waals surface area contributed by atoms with Crippen molar-refractivity contribution in [2.24, 2.45) is 0 Å². The number of hydrogen-bond acceptors (Lipinski definition) is 5. The fraction of sp³-hybridized carbons (Fsp3) is 0.381. The molecule has 5 nitrogen and oxygen atoms in total. The Morgan fingerprint density at radius 1 is 1.15 bits per heavy atom. The SMILES string of the molecule is Cc1cccc(C#C[C@H]2CC[C@H]3CN(c4ncccc4C#N)CCN32)n1. The molecule has 0 N–H and O–H groups in total. The molecule has 0 aromatic carbocycles. The number of piperazine rings is 1. The van der Waals surface area contributed by atoms with Crippen LogP contribution in [0.3, 0.4) is 0 Å². The molecule has 0 unspecified atom stereocenters. The molecule has 0 saturated carbocycles. The van der Waals surface area contributed by atoms with Gasteiger partial charge in [-0.05, 0) is 50.0 Å². The molecule has 0 amide bonds. The maximum absolute atomic E-state index is 9.32. The van der Waals surface area contributed by atoms with Gasteiger partial charge in [-0.15, -0.1) is 0 Å². The van der Waals surface area contributed by atoms with Crippen molar-refractivity contribution in [3.05, 3.63) is 53.5 Å². The van der Waals surface area contributed by atoms with Gasteiger partial charge in [0.05, 0.1) is 11.6 Å². The minimum atomic E-state index is 0.295. The number of nitriles is 1. The molecule has 2 aliphatic heterocycles. The van der Waals surface area contributed by atoms with Gasteiger partial charge in [-0.1, -0.05) is 12.0 Å². The van der Waals surface area contributed by atoms with Crippen molar-refractivity contribution in [2.45, 2.75) is 31.8 Å². The van der Waals surface area contributed by atoms with Crippen LogP contribution in [0.15, 0.2) is 36.5 Å². The summed E-state index contributed by atoms with van der Waals surface area (Å²) in [4.78, 5) is 13.7. The fourth-order valence-electron chi connectivity index (χ4n) is 3.91. The molecule has 2 fully saturated rings. The highest BCUT2D eigenvalue weighted by Gasteiger charge is 2.37. The zero-order valence-electron chi connectivity index (χ0n) is 14.9. The molecular formula is C21H21N5. The second-order valence-electron chi connectivity index (χ2n) is 6.85. The van der Waals surface area contributed by atoms with E-state index in [2.05, 4.69) is 37.7 Å². The van der Waals surface area contributed by atoms with E-state index >= 15 is 0 Å². The topological polar surface area (TPSA) is 56.1 Å². The number of rotatable bonds is 1. The normalized spacial score (nSPS) is 22.2. The van der Waals surface area contributed by atoms with E-state index in [1.807, 2.05) is 37.3 Å².